The molecule has 0 unspecified atom stereocenters. The molecule has 1 aromatic carbocycles. The van der Waals surface area contributed by atoms with Crippen molar-refractivity contribution < 1.29 is 9.53 Å². The van der Waals surface area contributed by atoms with Gasteiger partial charge >= 0.3 is 5.97 Å². The van der Waals surface area contributed by atoms with Crippen molar-refractivity contribution in [1.29, 1.82) is 0 Å². The van der Waals surface area contributed by atoms with Gasteiger partial charge in [0.05, 0.1) is 12.2 Å². The van der Waals surface area contributed by atoms with Gasteiger partial charge in [-0.1, -0.05) is 33.9 Å². The fourth-order valence-electron chi connectivity index (χ4n) is 1.45. The second kappa shape index (κ2) is 5.78. The highest BCUT2D eigenvalue weighted by molar-refractivity contribution is 6.83. The Balaban J connectivity index is 2.81. The normalized spacial score (nSPS) is 12.1. The van der Waals surface area contributed by atoms with Crippen molar-refractivity contribution in [2.45, 2.75) is 45.8 Å². The molecule has 1 N–H and O–H groups in total. The standard InChI is InChI=1S/C15H25NO2Si/c1-7-18-14(17)12-8-10-13(11-9-12)16-19(5,6)15(2,3)4/h8-11,16H,7H2,1-6H3. The van der Waals surface area contributed by atoms with E-state index in [4.69, 9.17) is 4.74 Å². The second-order valence-electron chi connectivity index (χ2n) is 6.30. The van der Waals surface area contributed by atoms with Gasteiger partial charge < -0.3 is 9.72 Å². The Hall–Kier alpha value is -1.29. The summed E-state index contributed by atoms with van der Waals surface area (Å²) in [6.45, 7) is 13.6. The van der Waals surface area contributed by atoms with Crippen LogP contribution >= 0.6 is 0 Å². The molecule has 0 aromatic heterocycles. The number of hydrogen-bond donors (Lipinski definition) is 1. The summed E-state index contributed by atoms with van der Waals surface area (Å²) in [7, 11) is -1.57. The number of rotatable bonds is 4. The number of hydrogen-bond acceptors (Lipinski definition) is 3. The highest BCUT2D eigenvalue weighted by atomic mass is 28.3. The largest absolute Gasteiger partial charge is 0.462 e. The average Bonchev–Trinajstić information content (AvgIpc) is 2.28. The van der Waals surface area contributed by atoms with E-state index < -0.39 is 8.24 Å². The lowest BCUT2D eigenvalue weighted by atomic mass is 10.2. The maximum Gasteiger partial charge on any atom is 0.338 e. The number of ether oxygens (including phenoxy) is 1. The molecule has 0 aliphatic carbocycles. The summed E-state index contributed by atoms with van der Waals surface area (Å²) < 4.78 is 4.97. The molecule has 1 aromatic rings. The van der Waals surface area contributed by atoms with Crippen LogP contribution in [0.3, 0.4) is 0 Å². The zero-order chi connectivity index (χ0) is 14.7. The van der Waals surface area contributed by atoms with E-state index in [1.54, 1.807) is 0 Å². The maximum absolute atomic E-state index is 11.6. The summed E-state index contributed by atoms with van der Waals surface area (Å²) in [5.41, 5.74) is 1.67. The van der Waals surface area contributed by atoms with Gasteiger partial charge in [-0.15, -0.1) is 0 Å². The minimum absolute atomic E-state index is 0.263. The van der Waals surface area contributed by atoms with Crippen LogP contribution in [-0.4, -0.2) is 20.8 Å². The zero-order valence-corrected chi connectivity index (χ0v) is 13.8. The molecule has 0 saturated heterocycles. The molecule has 4 heteroatoms. The first-order chi connectivity index (χ1) is 8.67. The molecule has 0 aliphatic rings. The van der Waals surface area contributed by atoms with Crippen molar-refractivity contribution in [2.75, 3.05) is 11.6 Å². The Morgan fingerprint density at radius 2 is 1.74 bits per heavy atom. The molecule has 0 saturated carbocycles. The molecule has 0 heterocycles. The number of carbonyl (C=O) groups is 1. The van der Waals surface area contributed by atoms with E-state index in [9.17, 15) is 4.79 Å². The summed E-state index contributed by atoms with van der Waals surface area (Å²) >= 11 is 0. The average molecular weight is 279 g/mol. The number of benzene rings is 1. The first kappa shape index (κ1) is 15.8. The van der Waals surface area contributed by atoms with Gasteiger partial charge in [-0.05, 0) is 36.2 Å². The van der Waals surface area contributed by atoms with Crippen molar-refractivity contribution in [3.8, 4) is 0 Å². The smallest absolute Gasteiger partial charge is 0.338 e. The summed E-state index contributed by atoms with van der Waals surface area (Å²) in [5.74, 6) is -0.263. The van der Waals surface area contributed by atoms with Gasteiger partial charge in [-0.2, -0.15) is 0 Å². The highest BCUT2D eigenvalue weighted by Crippen LogP contribution is 2.36. The molecule has 0 atom stereocenters. The monoisotopic (exact) mass is 279 g/mol. The van der Waals surface area contributed by atoms with Gasteiger partial charge in [0.25, 0.3) is 0 Å². The number of esters is 1. The third kappa shape index (κ3) is 4.09. The number of anilines is 1. The predicted molar refractivity (Wildman–Crippen MR) is 83.2 cm³/mol. The molecule has 1 rings (SSSR count). The summed E-state index contributed by atoms with van der Waals surface area (Å²) in [6, 6.07) is 7.53. The fourth-order valence-corrected chi connectivity index (χ4v) is 2.72. The molecule has 3 nitrogen and oxygen atoms in total. The van der Waals surface area contributed by atoms with Crippen LogP contribution in [0, 0.1) is 0 Å². The van der Waals surface area contributed by atoms with Crippen LogP contribution in [0.5, 0.6) is 0 Å². The minimum atomic E-state index is -1.57. The summed E-state index contributed by atoms with van der Waals surface area (Å²) in [5, 5.41) is 0.271. The molecule has 0 bridgehead atoms. The van der Waals surface area contributed by atoms with Crippen LogP contribution in [0.1, 0.15) is 38.1 Å². The Morgan fingerprint density at radius 1 is 1.21 bits per heavy atom. The van der Waals surface area contributed by atoms with E-state index in [0.29, 0.717) is 12.2 Å². The second-order valence-corrected chi connectivity index (χ2v) is 11.3. The molecule has 0 fully saturated rings. The lowest BCUT2D eigenvalue weighted by Crippen LogP contribution is -2.45. The molecule has 19 heavy (non-hydrogen) atoms. The van der Waals surface area contributed by atoms with E-state index in [1.165, 1.54) is 0 Å². The summed E-state index contributed by atoms with van der Waals surface area (Å²) in [6.07, 6.45) is 0. The lowest BCUT2D eigenvalue weighted by Gasteiger charge is -2.38. The van der Waals surface area contributed by atoms with Crippen LogP contribution in [0.15, 0.2) is 24.3 Å². The van der Waals surface area contributed by atoms with E-state index in [1.807, 2.05) is 31.2 Å². The van der Waals surface area contributed by atoms with Crippen LogP contribution in [0.25, 0.3) is 0 Å². The highest BCUT2D eigenvalue weighted by Gasteiger charge is 2.35. The molecular weight excluding hydrogens is 254 g/mol. The molecular formula is C15H25NO2Si. The third-order valence-electron chi connectivity index (χ3n) is 3.73. The first-order valence-corrected chi connectivity index (χ1v) is 9.73. The Bertz CT molecular complexity index is 432. The Kier molecular flexibility index (Phi) is 4.79. The van der Waals surface area contributed by atoms with E-state index in [-0.39, 0.29) is 11.0 Å². The quantitative estimate of drug-likeness (QED) is 0.660. The molecule has 0 aliphatic heterocycles. The Morgan fingerprint density at radius 3 is 2.16 bits per heavy atom. The maximum atomic E-state index is 11.6. The van der Waals surface area contributed by atoms with Crippen LogP contribution in [0.2, 0.25) is 18.1 Å². The molecule has 106 valence electrons. The van der Waals surface area contributed by atoms with E-state index in [2.05, 4.69) is 38.8 Å². The SMILES string of the molecule is CCOC(=O)c1ccc(N[Si](C)(C)C(C)(C)C)cc1. The van der Waals surface area contributed by atoms with Crippen LogP contribution in [-0.2, 0) is 4.74 Å². The van der Waals surface area contributed by atoms with Gasteiger partial charge in [-0.25, -0.2) is 4.79 Å². The van der Waals surface area contributed by atoms with Crippen LogP contribution in [0.4, 0.5) is 5.69 Å². The minimum Gasteiger partial charge on any atom is -0.462 e. The summed E-state index contributed by atoms with van der Waals surface area (Å²) in [4.78, 5) is 15.2. The van der Waals surface area contributed by atoms with Gasteiger partial charge in [0.15, 0.2) is 8.24 Å². The van der Waals surface area contributed by atoms with E-state index in [0.717, 1.165) is 5.69 Å². The number of carbonyl (C=O) groups excluding carboxylic acids is 1. The first-order valence-electron chi connectivity index (χ1n) is 6.73. The third-order valence-corrected chi connectivity index (χ3v) is 8.39. The lowest BCUT2D eigenvalue weighted by molar-refractivity contribution is 0.0526. The van der Waals surface area contributed by atoms with Crippen molar-refractivity contribution in [2.24, 2.45) is 0 Å². The molecule has 0 radical (unpaired) electrons. The van der Waals surface area contributed by atoms with E-state index >= 15 is 0 Å². The predicted octanol–water partition coefficient (Wildman–Crippen LogP) is 4.28. The van der Waals surface area contributed by atoms with Crippen molar-refractivity contribution >= 4 is 19.9 Å². The van der Waals surface area contributed by atoms with Gasteiger partial charge in [0.2, 0.25) is 0 Å². The van der Waals surface area contributed by atoms with Crippen molar-refractivity contribution in [3.05, 3.63) is 29.8 Å². The zero-order valence-electron chi connectivity index (χ0n) is 12.8. The van der Waals surface area contributed by atoms with Crippen molar-refractivity contribution in [3.63, 3.8) is 0 Å². The van der Waals surface area contributed by atoms with Gasteiger partial charge in [-0.3, -0.25) is 0 Å². The molecule has 0 amide bonds. The van der Waals surface area contributed by atoms with Crippen LogP contribution < -0.4 is 4.98 Å². The van der Waals surface area contributed by atoms with Gasteiger partial charge in [0.1, 0.15) is 0 Å². The molecule has 0 spiro atoms. The Labute approximate surface area is 117 Å². The van der Waals surface area contributed by atoms with Gasteiger partial charge in [0, 0.05) is 5.69 Å². The fraction of sp³-hybridized carbons (Fsp3) is 0.533. The van der Waals surface area contributed by atoms with Crippen molar-refractivity contribution in [1.82, 2.24) is 0 Å². The topological polar surface area (TPSA) is 38.3 Å². The number of nitrogens with one attached hydrogen (secondary N) is 1.